The van der Waals surface area contributed by atoms with Crippen LogP contribution in [0.5, 0.6) is 0 Å². The van der Waals surface area contributed by atoms with Gasteiger partial charge in [-0.25, -0.2) is 0 Å². The Hall–Kier alpha value is -0.870. The first kappa shape index (κ1) is 23.9. The lowest BCUT2D eigenvalue weighted by atomic mass is 9.37. The third kappa shape index (κ3) is 3.05. The van der Waals surface area contributed by atoms with E-state index in [4.69, 9.17) is 0 Å². The molecule has 5 rings (SSSR count). The van der Waals surface area contributed by atoms with Crippen molar-refractivity contribution in [1.29, 1.82) is 0 Å². The van der Waals surface area contributed by atoms with Crippen molar-refractivity contribution in [1.82, 2.24) is 0 Å². The Morgan fingerprint density at radius 1 is 0.909 bits per heavy atom. The molecule has 4 nitrogen and oxygen atoms in total. The van der Waals surface area contributed by atoms with Gasteiger partial charge >= 0.3 is 5.97 Å². The van der Waals surface area contributed by atoms with Crippen molar-refractivity contribution in [3.05, 3.63) is 11.6 Å². The van der Waals surface area contributed by atoms with E-state index in [0.717, 1.165) is 64.2 Å². The summed E-state index contributed by atoms with van der Waals surface area (Å²) in [5, 5.41) is 31.6. The molecule has 0 spiro atoms. The second kappa shape index (κ2) is 7.32. The van der Waals surface area contributed by atoms with Crippen molar-refractivity contribution < 1.29 is 20.1 Å². The van der Waals surface area contributed by atoms with Crippen LogP contribution in [0.25, 0.3) is 0 Å². The number of aliphatic hydroxyl groups is 2. The number of hydrogen-bond donors (Lipinski definition) is 3. The molecular weight excluding hydrogens is 412 g/mol. The van der Waals surface area contributed by atoms with Crippen molar-refractivity contribution in [2.45, 2.75) is 105 Å². The van der Waals surface area contributed by atoms with E-state index >= 15 is 0 Å². The molecular formula is C29H46O4. The summed E-state index contributed by atoms with van der Waals surface area (Å²) in [5.74, 6) is 0.960. The Morgan fingerprint density at radius 3 is 2.27 bits per heavy atom. The van der Waals surface area contributed by atoms with E-state index in [1.165, 1.54) is 5.57 Å². The second-order valence-electron chi connectivity index (χ2n) is 14.3. The molecule has 4 heteroatoms. The quantitative estimate of drug-likeness (QED) is 0.456. The summed E-state index contributed by atoms with van der Waals surface area (Å²) >= 11 is 0. The van der Waals surface area contributed by atoms with Gasteiger partial charge in [0.2, 0.25) is 0 Å². The Bertz CT molecular complexity index is 862. The Morgan fingerprint density at radius 2 is 1.61 bits per heavy atom. The van der Waals surface area contributed by atoms with E-state index < -0.39 is 22.9 Å². The van der Waals surface area contributed by atoms with Gasteiger partial charge in [0.1, 0.15) is 0 Å². The summed E-state index contributed by atoms with van der Waals surface area (Å²) in [6, 6.07) is 0. The van der Waals surface area contributed by atoms with Crippen LogP contribution in [0.4, 0.5) is 0 Å². The number of aliphatic hydroxyl groups excluding tert-OH is 2. The highest BCUT2D eigenvalue weighted by molar-refractivity contribution is 5.76. The van der Waals surface area contributed by atoms with Gasteiger partial charge < -0.3 is 15.3 Å². The van der Waals surface area contributed by atoms with E-state index in [1.54, 1.807) is 0 Å². The molecule has 4 saturated carbocycles. The van der Waals surface area contributed by atoms with Gasteiger partial charge in [-0.2, -0.15) is 0 Å². The SMILES string of the molecule is CC1(C)CCC2(C(=O)O)CCC3C(=CCC4C3(C)CCC3C4(C)CCC(O)[C@@]3(C)CO)C2C1. The standard InChI is InChI=1S/C29H46O4/c1-25(2)14-15-29(24(32)33)13-8-19-18(20(29)16-25)6-7-21-26(19,3)11-9-22-27(21,4)12-10-23(31)28(22,5)17-30/h6,19-23,30-31H,7-17H2,1-5H3,(H,32,33)/t19?,20?,21?,22?,23?,26?,27?,28-,29?/m0/s1. The zero-order valence-corrected chi connectivity index (χ0v) is 21.5. The van der Waals surface area contributed by atoms with Gasteiger partial charge in [0.15, 0.2) is 0 Å². The fraction of sp³-hybridized carbons (Fsp3) is 0.897. The van der Waals surface area contributed by atoms with E-state index in [2.05, 4.69) is 40.7 Å². The normalized spacial score (nSPS) is 53.1. The monoisotopic (exact) mass is 458 g/mol. The largest absolute Gasteiger partial charge is 0.481 e. The lowest BCUT2D eigenvalue weighted by molar-refractivity contribution is -0.202. The van der Waals surface area contributed by atoms with Crippen LogP contribution < -0.4 is 0 Å². The van der Waals surface area contributed by atoms with Gasteiger partial charge in [-0.3, -0.25) is 4.79 Å². The molecule has 5 aliphatic carbocycles. The first-order valence-electron chi connectivity index (χ1n) is 13.6. The van der Waals surface area contributed by atoms with Gasteiger partial charge in [0, 0.05) is 5.41 Å². The summed E-state index contributed by atoms with van der Waals surface area (Å²) in [4.78, 5) is 12.7. The van der Waals surface area contributed by atoms with Crippen LogP contribution in [0.15, 0.2) is 11.6 Å². The minimum Gasteiger partial charge on any atom is -0.481 e. The zero-order valence-electron chi connectivity index (χ0n) is 21.5. The molecule has 5 aliphatic rings. The van der Waals surface area contributed by atoms with Crippen molar-refractivity contribution in [2.24, 2.45) is 50.7 Å². The maximum absolute atomic E-state index is 12.7. The van der Waals surface area contributed by atoms with Gasteiger partial charge in [-0.15, -0.1) is 0 Å². The molecule has 0 aliphatic heterocycles. The highest BCUT2D eigenvalue weighted by atomic mass is 16.4. The highest BCUT2D eigenvalue weighted by Gasteiger charge is 2.66. The molecule has 0 amide bonds. The topological polar surface area (TPSA) is 77.8 Å². The molecule has 0 saturated heterocycles. The van der Waals surface area contributed by atoms with Crippen LogP contribution >= 0.6 is 0 Å². The van der Waals surface area contributed by atoms with Gasteiger partial charge in [0.25, 0.3) is 0 Å². The average molecular weight is 459 g/mol. The highest BCUT2D eigenvalue weighted by Crippen LogP contribution is 2.72. The minimum absolute atomic E-state index is 0.0562. The summed E-state index contributed by atoms with van der Waals surface area (Å²) in [5.41, 5.74) is 0.997. The van der Waals surface area contributed by atoms with Gasteiger partial charge in [0.05, 0.1) is 18.1 Å². The number of carboxylic acids is 1. The number of carbonyl (C=O) groups is 1. The number of fused-ring (bicyclic) bond motifs is 7. The molecule has 0 radical (unpaired) electrons. The molecule has 8 unspecified atom stereocenters. The van der Waals surface area contributed by atoms with Crippen LogP contribution in [0, 0.1) is 50.7 Å². The van der Waals surface area contributed by atoms with E-state index in [1.807, 2.05) is 0 Å². The maximum Gasteiger partial charge on any atom is 0.310 e. The van der Waals surface area contributed by atoms with E-state index in [0.29, 0.717) is 17.8 Å². The Labute approximate surface area is 200 Å². The molecule has 186 valence electrons. The van der Waals surface area contributed by atoms with Crippen LogP contribution in [0.1, 0.15) is 98.8 Å². The molecule has 33 heavy (non-hydrogen) atoms. The van der Waals surface area contributed by atoms with Gasteiger partial charge in [-0.05, 0) is 104 Å². The molecule has 0 aromatic rings. The van der Waals surface area contributed by atoms with Crippen molar-refractivity contribution >= 4 is 5.97 Å². The average Bonchev–Trinajstić information content (AvgIpc) is 2.75. The lowest BCUT2D eigenvalue weighted by Gasteiger charge is -2.68. The molecule has 0 aromatic carbocycles. The first-order chi connectivity index (χ1) is 15.3. The van der Waals surface area contributed by atoms with Crippen molar-refractivity contribution in [3.8, 4) is 0 Å². The van der Waals surface area contributed by atoms with Crippen LogP contribution in [-0.4, -0.2) is 34.0 Å². The Balaban J connectivity index is 1.55. The van der Waals surface area contributed by atoms with Crippen LogP contribution in [0.3, 0.4) is 0 Å². The predicted octanol–water partition coefficient (Wildman–Crippen LogP) is 5.82. The van der Waals surface area contributed by atoms with Crippen molar-refractivity contribution in [2.75, 3.05) is 6.61 Å². The maximum atomic E-state index is 12.7. The van der Waals surface area contributed by atoms with E-state index in [-0.39, 0.29) is 28.8 Å². The third-order valence-corrected chi connectivity index (χ3v) is 12.4. The molecule has 0 bridgehead atoms. The minimum atomic E-state index is -0.565. The molecule has 0 heterocycles. The fourth-order valence-corrected chi connectivity index (χ4v) is 10.3. The summed E-state index contributed by atoms with van der Waals surface area (Å²) in [7, 11) is 0. The molecule has 3 N–H and O–H groups in total. The molecule has 4 fully saturated rings. The zero-order chi connectivity index (χ0) is 24.0. The summed E-state index contributed by atoms with van der Waals surface area (Å²) in [6.07, 6.45) is 11.7. The fourth-order valence-electron chi connectivity index (χ4n) is 10.3. The van der Waals surface area contributed by atoms with Gasteiger partial charge in [-0.1, -0.05) is 46.3 Å². The van der Waals surface area contributed by atoms with Crippen molar-refractivity contribution in [3.63, 3.8) is 0 Å². The Kier molecular flexibility index (Phi) is 5.29. The summed E-state index contributed by atoms with van der Waals surface area (Å²) < 4.78 is 0. The number of carboxylic acid groups (broad SMARTS) is 1. The number of hydrogen-bond acceptors (Lipinski definition) is 3. The number of rotatable bonds is 2. The predicted molar refractivity (Wildman–Crippen MR) is 129 cm³/mol. The second-order valence-corrected chi connectivity index (χ2v) is 14.3. The first-order valence-corrected chi connectivity index (χ1v) is 13.6. The summed E-state index contributed by atoms with van der Waals surface area (Å²) in [6.45, 7) is 11.8. The lowest BCUT2D eigenvalue weighted by Crippen LogP contribution is -2.63. The van der Waals surface area contributed by atoms with Crippen LogP contribution in [-0.2, 0) is 4.79 Å². The third-order valence-electron chi connectivity index (χ3n) is 12.4. The van der Waals surface area contributed by atoms with E-state index in [9.17, 15) is 20.1 Å². The number of allylic oxidation sites excluding steroid dienone is 2. The molecule has 0 aromatic heterocycles. The smallest absolute Gasteiger partial charge is 0.310 e. The molecule has 9 atom stereocenters. The van der Waals surface area contributed by atoms with Crippen LogP contribution in [0.2, 0.25) is 0 Å². The number of aliphatic carboxylic acids is 1.